The van der Waals surface area contributed by atoms with Crippen molar-refractivity contribution in [1.82, 2.24) is 4.90 Å². The molecule has 0 aromatic heterocycles. The van der Waals surface area contributed by atoms with E-state index in [0.29, 0.717) is 6.42 Å². The summed E-state index contributed by atoms with van der Waals surface area (Å²) in [4.78, 5) is 14.8. The molecule has 0 N–H and O–H groups in total. The van der Waals surface area contributed by atoms with Crippen molar-refractivity contribution in [2.24, 2.45) is 0 Å². The fourth-order valence-electron chi connectivity index (χ4n) is 1.93. The first-order valence-electron chi connectivity index (χ1n) is 5.89. The molecule has 1 amide bonds. The SMILES string of the molecule is O=C1CC(S)CN1CCCSc1ccccc1. The van der Waals surface area contributed by atoms with Crippen LogP contribution in [0.2, 0.25) is 0 Å². The number of benzene rings is 1. The van der Waals surface area contributed by atoms with Gasteiger partial charge in [0.1, 0.15) is 0 Å². The quantitative estimate of drug-likeness (QED) is 0.503. The van der Waals surface area contributed by atoms with Crippen molar-refractivity contribution in [3.63, 3.8) is 0 Å². The highest BCUT2D eigenvalue weighted by Crippen LogP contribution is 2.20. The van der Waals surface area contributed by atoms with E-state index in [0.717, 1.165) is 25.3 Å². The molecular formula is C13H17NOS2. The Morgan fingerprint density at radius 3 is 2.76 bits per heavy atom. The lowest BCUT2D eigenvalue weighted by atomic mass is 10.4. The Kier molecular flexibility index (Phi) is 4.80. The average molecular weight is 267 g/mol. The van der Waals surface area contributed by atoms with Crippen molar-refractivity contribution in [3.8, 4) is 0 Å². The number of hydrogen-bond acceptors (Lipinski definition) is 3. The van der Waals surface area contributed by atoms with Crippen molar-refractivity contribution >= 4 is 30.3 Å². The van der Waals surface area contributed by atoms with Gasteiger partial charge in [-0.3, -0.25) is 4.79 Å². The van der Waals surface area contributed by atoms with Gasteiger partial charge < -0.3 is 4.90 Å². The highest BCUT2D eigenvalue weighted by molar-refractivity contribution is 7.99. The summed E-state index contributed by atoms with van der Waals surface area (Å²) < 4.78 is 0. The topological polar surface area (TPSA) is 20.3 Å². The van der Waals surface area contributed by atoms with Crippen LogP contribution < -0.4 is 0 Å². The van der Waals surface area contributed by atoms with Gasteiger partial charge in [-0.25, -0.2) is 0 Å². The minimum atomic E-state index is 0.240. The first-order chi connectivity index (χ1) is 8.25. The smallest absolute Gasteiger partial charge is 0.223 e. The highest BCUT2D eigenvalue weighted by atomic mass is 32.2. The molecule has 4 heteroatoms. The van der Waals surface area contributed by atoms with Gasteiger partial charge in [-0.1, -0.05) is 18.2 Å². The second kappa shape index (κ2) is 6.36. The Labute approximate surface area is 112 Å². The summed E-state index contributed by atoms with van der Waals surface area (Å²) in [6, 6.07) is 10.4. The zero-order chi connectivity index (χ0) is 12.1. The molecule has 1 aliphatic rings. The van der Waals surface area contributed by atoms with E-state index in [9.17, 15) is 4.79 Å². The van der Waals surface area contributed by atoms with Crippen LogP contribution in [0.15, 0.2) is 35.2 Å². The Hall–Kier alpha value is -0.610. The molecule has 1 heterocycles. The van der Waals surface area contributed by atoms with Gasteiger partial charge in [-0.05, 0) is 24.3 Å². The fraction of sp³-hybridized carbons (Fsp3) is 0.462. The van der Waals surface area contributed by atoms with Crippen LogP contribution in [0.5, 0.6) is 0 Å². The van der Waals surface area contributed by atoms with Crippen molar-refractivity contribution in [3.05, 3.63) is 30.3 Å². The van der Waals surface area contributed by atoms with Crippen LogP contribution in [0, 0.1) is 0 Å². The number of hydrogen-bond donors (Lipinski definition) is 1. The van der Waals surface area contributed by atoms with Crippen molar-refractivity contribution in [2.45, 2.75) is 23.0 Å². The van der Waals surface area contributed by atoms with Crippen LogP contribution in [0.3, 0.4) is 0 Å². The van der Waals surface area contributed by atoms with Crippen molar-refractivity contribution < 1.29 is 4.79 Å². The van der Waals surface area contributed by atoms with E-state index in [-0.39, 0.29) is 11.2 Å². The Morgan fingerprint density at radius 1 is 1.35 bits per heavy atom. The van der Waals surface area contributed by atoms with E-state index in [1.807, 2.05) is 22.7 Å². The zero-order valence-electron chi connectivity index (χ0n) is 9.71. The molecule has 0 aliphatic carbocycles. The van der Waals surface area contributed by atoms with E-state index in [4.69, 9.17) is 0 Å². The molecule has 1 aliphatic heterocycles. The first kappa shape index (κ1) is 12.8. The van der Waals surface area contributed by atoms with Gasteiger partial charge in [-0.2, -0.15) is 12.6 Å². The maximum Gasteiger partial charge on any atom is 0.223 e. The molecule has 0 radical (unpaired) electrons. The fourth-order valence-corrected chi connectivity index (χ4v) is 3.14. The molecule has 2 rings (SSSR count). The third-order valence-corrected chi connectivity index (χ3v) is 4.22. The third kappa shape index (κ3) is 3.96. The zero-order valence-corrected chi connectivity index (χ0v) is 11.4. The molecule has 1 unspecified atom stereocenters. The summed E-state index contributed by atoms with van der Waals surface area (Å²) in [5, 5.41) is 0.240. The number of amides is 1. The van der Waals surface area contributed by atoms with Gasteiger partial charge in [-0.15, -0.1) is 11.8 Å². The van der Waals surface area contributed by atoms with Gasteiger partial charge >= 0.3 is 0 Å². The van der Waals surface area contributed by atoms with Crippen LogP contribution in [0.1, 0.15) is 12.8 Å². The molecule has 1 atom stereocenters. The molecule has 92 valence electrons. The summed E-state index contributed by atoms with van der Waals surface area (Å²) in [5.41, 5.74) is 0. The van der Waals surface area contributed by atoms with Crippen LogP contribution in [0.4, 0.5) is 0 Å². The molecule has 1 saturated heterocycles. The molecule has 1 aromatic carbocycles. The number of carbonyl (C=O) groups is 1. The highest BCUT2D eigenvalue weighted by Gasteiger charge is 2.26. The molecule has 0 spiro atoms. The summed E-state index contributed by atoms with van der Waals surface area (Å²) in [7, 11) is 0. The Morgan fingerprint density at radius 2 is 2.12 bits per heavy atom. The van der Waals surface area contributed by atoms with Crippen LogP contribution in [-0.4, -0.2) is 34.9 Å². The van der Waals surface area contributed by atoms with E-state index in [2.05, 4.69) is 36.9 Å². The van der Waals surface area contributed by atoms with Gasteiger partial charge in [0.05, 0.1) is 0 Å². The molecule has 17 heavy (non-hydrogen) atoms. The van der Waals surface area contributed by atoms with Crippen LogP contribution in [0.25, 0.3) is 0 Å². The number of thiol groups is 1. The minimum absolute atomic E-state index is 0.240. The maximum atomic E-state index is 11.5. The monoisotopic (exact) mass is 267 g/mol. The molecule has 1 aromatic rings. The van der Waals surface area contributed by atoms with Crippen molar-refractivity contribution in [2.75, 3.05) is 18.8 Å². The van der Waals surface area contributed by atoms with Crippen molar-refractivity contribution in [1.29, 1.82) is 0 Å². The van der Waals surface area contributed by atoms with Gasteiger partial charge in [0, 0.05) is 29.7 Å². The molecule has 0 bridgehead atoms. The largest absolute Gasteiger partial charge is 0.342 e. The number of nitrogens with zero attached hydrogens (tertiary/aromatic N) is 1. The van der Waals surface area contributed by atoms with Gasteiger partial charge in [0.2, 0.25) is 5.91 Å². The lowest BCUT2D eigenvalue weighted by Gasteiger charge is -2.15. The van der Waals surface area contributed by atoms with Gasteiger partial charge in [0.15, 0.2) is 0 Å². The van der Waals surface area contributed by atoms with E-state index < -0.39 is 0 Å². The molecule has 0 saturated carbocycles. The third-order valence-electron chi connectivity index (χ3n) is 2.78. The molecule has 2 nitrogen and oxygen atoms in total. The van der Waals surface area contributed by atoms with E-state index >= 15 is 0 Å². The Balaban J connectivity index is 1.65. The normalized spacial score (nSPS) is 19.9. The summed E-state index contributed by atoms with van der Waals surface area (Å²) >= 11 is 6.19. The molecular weight excluding hydrogens is 250 g/mol. The number of carbonyl (C=O) groups excluding carboxylic acids is 1. The van der Waals surface area contributed by atoms with Crippen LogP contribution >= 0.6 is 24.4 Å². The Bertz CT molecular complexity index is 369. The maximum absolute atomic E-state index is 11.5. The van der Waals surface area contributed by atoms with Crippen LogP contribution in [-0.2, 0) is 4.79 Å². The predicted molar refractivity (Wildman–Crippen MR) is 75.8 cm³/mol. The lowest BCUT2D eigenvalue weighted by Crippen LogP contribution is -2.26. The standard InChI is InChI=1S/C13H17NOS2/c15-13-9-11(16)10-14(13)7-4-8-17-12-5-2-1-3-6-12/h1-3,5-6,11,16H,4,7-10H2. The second-order valence-corrected chi connectivity index (χ2v) is 6.11. The van der Waals surface area contributed by atoms with Gasteiger partial charge in [0.25, 0.3) is 0 Å². The second-order valence-electron chi connectivity index (χ2n) is 4.21. The van der Waals surface area contributed by atoms with E-state index in [1.54, 1.807) is 0 Å². The predicted octanol–water partition coefficient (Wildman–Crippen LogP) is 2.70. The number of thioether (sulfide) groups is 1. The number of rotatable bonds is 5. The van der Waals surface area contributed by atoms with E-state index in [1.165, 1.54) is 4.90 Å². The summed E-state index contributed by atoms with van der Waals surface area (Å²) in [6.45, 7) is 1.69. The molecule has 1 fully saturated rings. The first-order valence-corrected chi connectivity index (χ1v) is 7.39. The summed E-state index contributed by atoms with van der Waals surface area (Å²) in [5.74, 6) is 1.32. The summed E-state index contributed by atoms with van der Waals surface area (Å²) in [6.07, 6.45) is 1.65. The number of likely N-dealkylation sites (tertiary alicyclic amines) is 1. The lowest BCUT2D eigenvalue weighted by molar-refractivity contribution is -0.127. The minimum Gasteiger partial charge on any atom is -0.342 e. The average Bonchev–Trinajstić information content (AvgIpc) is 2.65.